The zero-order chi connectivity index (χ0) is 14.3. The molecule has 0 aromatic heterocycles. The molecule has 0 aliphatic heterocycles. The lowest BCUT2D eigenvalue weighted by Gasteiger charge is -2.22. The summed E-state index contributed by atoms with van der Waals surface area (Å²) in [6.07, 6.45) is 10.1. The molecule has 0 radical (unpaired) electrons. The molecule has 0 fully saturated rings. The molecule has 0 spiro atoms. The van der Waals surface area contributed by atoms with Crippen LogP contribution in [0.3, 0.4) is 0 Å². The van der Waals surface area contributed by atoms with E-state index >= 15 is 0 Å². The van der Waals surface area contributed by atoms with Crippen molar-refractivity contribution in [1.82, 2.24) is 0 Å². The smallest absolute Gasteiger partial charge is 0.302 e. The molecule has 0 saturated carbocycles. The maximum Gasteiger partial charge on any atom is 0.302 e. The third-order valence-corrected chi connectivity index (χ3v) is 3.68. The van der Waals surface area contributed by atoms with Crippen LogP contribution >= 0.6 is 0 Å². The van der Waals surface area contributed by atoms with Gasteiger partial charge in [-0.3, -0.25) is 4.79 Å². The van der Waals surface area contributed by atoms with Gasteiger partial charge in [0.25, 0.3) is 0 Å². The molecule has 0 aromatic carbocycles. The van der Waals surface area contributed by atoms with Gasteiger partial charge in [-0.25, -0.2) is 0 Å². The lowest BCUT2D eigenvalue weighted by Crippen LogP contribution is -2.07. The standard InChI is InChI=1S/C17H26O2/c1-13-8-10-17(11-9-13)15(3)7-5-6-14(2)12-19-16(4)18/h6,8,17H,3,5,7,9-12H2,1-2,4H3/b14-6-. The van der Waals surface area contributed by atoms with Crippen molar-refractivity contribution < 1.29 is 9.53 Å². The quantitative estimate of drug-likeness (QED) is 0.517. The van der Waals surface area contributed by atoms with Crippen LogP contribution in [-0.4, -0.2) is 12.6 Å². The van der Waals surface area contributed by atoms with E-state index in [4.69, 9.17) is 4.74 Å². The van der Waals surface area contributed by atoms with Crippen molar-refractivity contribution in [1.29, 1.82) is 0 Å². The molecule has 1 unspecified atom stereocenters. The number of rotatable bonds is 6. The van der Waals surface area contributed by atoms with Crippen LogP contribution in [-0.2, 0) is 9.53 Å². The van der Waals surface area contributed by atoms with E-state index in [1.165, 1.54) is 30.9 Å². The lowest BCUT2D eigenvalue weighted by atomic mass is 9.84. The van der Waals surface area contributed by atoms with E-state index in [-0.39, 0.29) is 5.97 Å². The second-order valence-corrected chi connectivity index (χ2v) is 5.55. The van der Waals surface area contributed by atoms with Crippen molar-refractivity contribution in [3.05, 3.63) is 35.5 Å². The average Bonchev–Trinajstić information content (AvgIpc) is 2.37. The number of ether oxygens (including phenoxy) is 1. The van der Waals surface area contributed by atoms with Gasteiger partial charge in [0.2, 0.25) is 0 Å². The van der Waals surface area contributed by atoms with Crippen LogP contribution in [0.15, 0.2) is 35.5 Å². The van der Waals surface area contributed by atoms with Gasteiger partial charge in [0.1, 0.15) is 6.61 Å². The molecule has 106 valence electrons. The van der Waals surface area contributed by atoms with Gasteiger partial charge in [0, 0.05) is 6.92 Å². The molecule has 0 amide bonds. The Morgan fingerprint density at radius 2 is 2.26 bits per heavy atom. The summed E-state index contributed by atoms with van der Waals surface area (Å²) in [4.78, 5) is 10.7. The fourth-order valence-corrected chi connectivity index (χ4v) is 2.32. The molecule has 0 N–H and O–H groups in total. The number of esters is 1. The van der Waals surface area contributed by atoms with Crippen molar-refractivity contribution in [2.45, 2.75) is 52.9 Å². The Morgan fingerprint density at radius 1 is 1.53 bits per heavy atom. The molecule has 19 heavy (non-hydrogen) atoms. The van der Waals surface area contributed by atoms with Crippen molar-refractivity contribution in [3.63, 3.8) is 0 Å². The Hall–Kier alpha value is -1.31. The summed E-state index contributed by atoms with van der Waals surface area (Å²) in [6, 6.07) is 0. The second-order valence-electron chi connectivity index (χ2n) is 5.55. The van der Waals surface area contributed by atoms with Crippen LogP contribution in [0.1, 0.15) is 52.9 Å². The predicted octanol–water partition coefficient (Wildman–Crippen LogP) is 4.58. The Balaban J connectivity index is 2.26. The van der Waals surface area contributed by atoms with Crippen LogP contribution in [0.4, 0.5) is 0 Å². The van der Waals surface area contributed by atoms with Gasteiger partial charge in [0.05, 0.1) is 0 Å². The Labute approximate surface area is 117 Å². The van der Waals surface area contributed by atoms with Crippen molar-refractivity contribution >= 4 is 5.97 Å². The molecule has 1 atom stereocenters. The summed E-state index contributed by atoms with van der Waals surface area (Å²) in [5.74, 6) is 0.437. The van der Waals surface area contributed by atoms with E-state index < -0.39 is 0 Å². The molecule has 0 aromatic rings. The third kappa shape index (κ3) is 6.42. The number of carbonyl (C=O) groups excluding carboxylic acids is 1. The van der Waals surface area contributed by atoms with Crippen molar-refractivity contribution in [3.8, 4) is 0 Å². The first-order valence-corrected chi connectivity index (χ1v) is 7.11. The van der Waals surface area contributed by atoms with E-state index in [1.807, 2.05) is 6.92 Å². The van der Waals surface area contributed by atoms with Crippen molar-refractivity contribution in [2.24, 2.45) is 5.92 Å². The molecule has 2 nitrogen and oxygen atoms in total. The molecule has 2 heteroatoms. The Bertz CT molecular complexity index is 388. The summed E-state index contributed by atoms with van der Waals surface area (Å²) < 4.78 is 4.95. The largest absolute Gasteiger partial charge is 0.461 e. The van der Waals surface area contributed by atoms with Crippen LogP contribution in [0, 0.1) is 5.92 Å². The maximum absolute atomic E-state index is 10.7. The number of allylic oxidation sites excluding steroid dienone is 4. The minimum Gasteiger partial charge on any atom is -0.461 e. The Kier molecular flexibility index (Phi) is 6.61. The highest BCUT2D eigenvalue weighted by molar-refractivity contribution is 5.66. The first-order chi connectivity index (χ1) is 8.99. The average molecular weight is 262 g/mol. The van der Waals surface area contributed by atoms with Gasteiger partial charge < -0.3 is 4.74 Å². The third-order valence-electron chi connectivity index (χ3n) is 3.68. The van der Waals surface area contributed by atoms with E-state index in [0.29, 0.717) is 12.5 Å². The first kappa shape index (κ1) is 15.7. The van der Waals surface area contributed by atoms with Crippen LogP contribution in [0.2, 0.25) is 0 Å². The Morgan fingerprint density at radius 3 is 2.84 bits per heavy atom. The summed E-state index contributed by atoms with van der Waals surface area (Å²) in [5, 5.41) is 0. The number of hydrogen-bond donors (Lipinski definition) is 0. The fraction of sp³-hybridized carbons (Fsp3) is 0.588. The van der Waals surface area contributed by atoms with E-state index in [1.54, 1.807) is 0 Å². The molecule has 0 heterocycles. The van der Waals surface area contributed by atoms with Gasteiger partial charge in [-0.2, -0.15) is 0 Å². The van der Waals surface area contributed by atoms with Crippen LogP contribution in [0.25, 0.3) is 0 Å². The van der Waals surface area contributed by atoms with Gasteiger partial charge in [-0.1, -0.05) is 29.9 Å². The van der Waals surface area contributed by atoms with Crippen LogP contribution < -0.4 is 0 Å². The summed E-state index contributed by atoms with van der Waals surface area (Å²) in [5.41, 5.74) is 3.99. The molecule has 1 rings (SSSR count). The van der Waals surface area contributed by atoms with E-state index in [9.17, 15) is 4.79 Å². The highest BCUT2D eigenvalue weighted by Crippen LogP contribution is 2.30. The van der Waals surface area contributed by atoms with Crippen LogP contribution in [0.5, 0.6) is 0 Å². The monoisotopic (exact) mass is 262 g/mol. The van der Waals surface area contributed by atoms with Gasteiger partial charge >= 0.3 is 5.97 Å². The molecular weight excluding hydrogens is 236 g/mol. The molecule has 1 aliphatic rings. The highest BCUT2D eigenvalue weighted by Gasteiger charge is 2.14. The summed E-state index contributed by atoms with van der Waals surface area (Å²) in [7, 11) is 0. The van der Waals surface area contributed by atoms with Crippen molar-refractivity contribution in [2.75, 3.05) is 6.61 Å². The normalized spacial score (nSPS) is 19.8. The maximum atomic E-state index is 10.7. The molecule has 0 bridgehead atoms. The SMILES string of the molecule is C=C(CC/C=C(/C)COC(C)=O)C1CC=C(C)CC1. The second kappa shape index (κ2) is 7.98. The topological polar surface area (TPSA) is 26.3 Å². The predicted molar refractivity (Wildman–Crippen MR) is 79.9 cm³/mol. The number of carbonyl (C=O) groups is 1. The number of hydrogen-bond acceptors (Lipinski definition) is 2. The summed E-state index contributed by atoms with van der Waals surface area (Å²) in [6.45, 7) is 10.3. The zero-order valence-corrected chi connectivity index (χ0v) is 12.5. The fourth-order valence-electron chi connectivity index (χ4n) is 2.32. The minimum absolute atomic E-state index is 0.221. The van der Waals surface area contributed by atoms with E-state index in [0.717, 1.165) is 24.8 Å². The molecule has 0 saturated heterocycles. The molecular formula is C17H26O2. The minimum atomic E-state index is -0.221. The zero-order valence-electron chi connectivity index (χ0n) is 12.5. The van der Waals surface area contributed by atoms with Gasteiger partial charge in [-0.15, -0.1) is 0 Å². The summed E-state index contributed by atoms with van der Waals surface area (Å²) >= 11 is 0. The highest BCUT2D eigenvalue weighted by atomic mass is 16.5. The van der Waals surface area contributed by atoms with Gasteiger partial charge in [0.15, 0.2) is 0 Å². The lowest BCUT2D eigenvalue weighted by molar-refractivity contribution is -0.139. The first-order valence-electron chi connectivity index (χ1n) is 7.11. The van der Waals surface area contributed by atoms with E-state index in [2.05, 4.69) is 25.7 Å². The van der Waals surface area contributed by atoms with Gasteiger partial charge in [-0.05, 0) is 57.4 Å². The molecule has 1 aliphatic carbocycles.